The molecule has 0 aliphatic carbocycles. The van der Waals surface area contributed by atoms with Crippen LogP contribution in [0.25, 0.3) is 0 Å². The third-order valence-electron chi connectivity index (χ3n) is 3.06. The summed E-state index contributed by atoms with van der Waals surface area (Å²) in [6, 6.07) is 10.3. The van der Waals surface area contributed by atoms with E-state index in [4.69, 9.17) is 16.0 Å². The smallest absolute Gasteiger partial charge is 0.103 e. The summed E-state index contributed by atoms with van der Waals surface area (Å²) >= 11 is 9.45. The van der Waals surface area contributed by atoms with E-state index in [9.17, 15) is 0 Å². The number of benzene rings is 1. The average Bonchev–Trinajstić information content (AvgIpc) is 2.88. The van der Waals surface area contributed by atoms with E-state index in [0.29, 0.717) is 6.04 Å². The molecule has 2 rings (SSSR count). The molecular formula is C15H17BrClNO. The minimum absolute atomic E-state index is 0.438. The highest BCUT2D eigenvalue weighted by Gasteiger charge is 2.06. The van der Waals surface area contributed by atoms with Crippen LogP contribution in [0.4, 0.5) is 0 Å². The van der Waals surface area contributed by atoms with Gasteiger partial charge in [-0.25, -0.2) is 0 Å². The zero-order valence-corrected chi connectivity index (χ0v) is 13.2. The molecule has 0 aliphatic rings. The van der Waals surface area contributed by atoms with E-state index in [1.165, 1.54) is 5.56 Å². The van der Waals surface area contributed by atoms with Crippen LogP contribution in [-0.4, -0.2) is 6.04 Å². The zero-order chi connectivity index (χ0) is 13.7. The molecule has 19 heavy (non-hydrogen) atoms. The molecule has 2 nitrogen and oxygen atoms in total. The van der Waals surface area contributed by atoms with Crippen LogP contribution in [-0.2, 0) is 13.0 Å². The van der Waals surface area contributed by atoms with E-state index < -0.39 is 0 Å². The van der Waals surface area contributed by atoms with Crippen LogP contribution in [0.1, 0.15) is 24.7 Å². The van der Waals surface area contributed by atoms with Gasteiger partial charge in [0.25, 0.3) is 0 Å². The van der Waals surface area contributed by atoms with E-state index >= 15 is 0 Å². The zero-order valence-electron chi connectivity index (χ0n) is 10.8. The van der Waals surface area contributed by atoms with Crippen molar-refractivity contribution >= 4 is 27.5 Å². The van der Waals surface area contributed by atoms with Crippen molar-refractivity contribution in [3.63, 3.8) is 0 Å². The topological polar surface area (TPSA) is 25.2 Å². The number of aryl methyl sites for hydroxylation is 1. The van der Waals surface area contributed by atoms with Crippen molar-refractivity contribution in [1.82, 2.24) is 5.32 Å². The fourth-order valence-corrected chi connectivity index (χ4v) is 2.69. The standard InChI is InChI=1S/C15H17BrClNO/c1-11(4-7-14-3-2-8-19-14)18-10-12-5-6-13(17)9-15(12)16/h2-3,5-6,8-9,11,18H,4,7,10H2,1H3. The van der Waals surface area contributed by atoms with Gasteiger partial charge in [0.05, 0.1) is 6.26 Å². The third-order valence-corrected chi connectivity index (χ3v) is 4.03. The quantitative estimate of drug-likeness (QED) is 0.815. The summed E-state index contributed by atoms with van der Waals surface area (Å²) in [5.74, 6) is 1.04. The van der Waals surface area contributed by atoms with Gasteiger partial charge in [-0.3, -0.25) is 0 Å². The molecule has 0 amide bonds. The average molecular weight is 343 g/mol. The molecule has 0 bridgehead atoms. The Bertz CT molecular complexity index is 513. The summed E-state index contributed by atoms with van der Waals surface area (Å²) in [5.41, 5.74) is 1.22. The Morgan fingerprint density at radius 1 is 1.37 bits per heavy atom. The molecular weight excluding hydrogens is 326 g/mol. The lowest BCUT2D eigenvalue weighted by Crippen LogP contribution is -2.26. The first-order chi connectivity index (χ1) is 9.15. The van der Waals surface area contributed by atoms with Gasteiger partial charge in [-0.1, -0.05) is 33.6 Å². The summed E-state index contributed by atoms with van der Waals surface area (Å²) in [7, 11) is 0. The Hall–Kier alpha value is -0.770. The van der Waals surface area contributed by atoms with Gasteiger partial charge in [0.15, 0.2) is 0 Å². The first kappa shape index (κ1) is 14.6. The van der Waals surface area contributed by atoms with Gasteiger partial charge in [-0.05, 0) is 43.2 Å². The molecule has 0 radical (unpaired) electrons. The van der Waals surface area contributed by atoms with Gasteiger partial charge in [0, 0.05) is 28.5 Å². The predicted octanol–water partition coefficient (Wildman–Crippen LogP) is 4.81. The normalized spacial score (nSPS) is 12.6. The van der Waals surface area contributed by atoms with Crippen LogP contribution in [0.15, 0.2) is 45.5 Å². The van der Waals surface area contributed by atoms with Gasteiger partial charge < -0.3 is 9.73 Å². The van der Waals surface area contributed by atoms with Gasteiger partial charge in [-0.2, -0.15) is 0 Å². The molecule has 0 saturated carbocycles. The molecule has 4 heteroatoms. The Labute approximate surface area is 127 Å². The van der Waals surface area contributed by atoms with Crippen molar-refractivity contribution in [3.8, 4) is 0 Å². The van der Waals surface area contributed by atoms with Crippen LogP contribution >= 0.6 is 27.5 Å². The first-order valence-electron chi connectivity index (χ1n) is 6.35. The summed E-state index contributed by atoms with van der Waals surface area (Å²) in [4.78, 5) is 0. The number of nitrogens with one attached hydrogen (secondary N) is 1. The van der Waals surface area contributed by atoms with Crippen molar-refractivity contribution in [3.05, 3.63) is 57.4 Å². The summed E-state index contributed by atoms with van der Waals surface area (Å²) < 4.78 is 6.38. The maximum Gasteiger partial charge on any atom is 0.103 e. The monoisotopic (exact) mass is 341 g/mol. The molecule has 0 saturated heterocycles. The summed E-state index contributed by atoms with van der Waals surface area (Å²) in [5, 5.41) is 4.26. The second-order valence-electron chi connectivity index (χ2n) is 4.64. The van der Waals surface area contributed by atoms with Crippen LogP contribution in [0.2, 0.25) is 5.02 Å². The van der Waals surface area contributed by atoms with E-state index in [1.54, 1.807) is 6.26 Å². The maximum atomic E-state index is 5.93. The SMILES string of the molecule is CC(CCc1ccco1)NCc1ccc(Cl)cc1Br. The molecule has 1 aromatic carbocycles. The fourth-order valence-electron chi connectivity index (χ4n) is 1.86. The molecule has 2 aromatic rings. The molecule has 1 aromatic heterocycles. The van der Waals surface area contributed by atoms with Crippen molar-refractivity contribution in [2.24, 2.45) is 0 Å². The Morgan fingerprint density at radius 3 is 2.89 bits per heavy atom. The van der Waals surface area contributed by atoms with Crippen molar-refractivity contribution in [2.45, 2.75) is 32.4 Å². The number of furan rings is 1. The summed E-state index contributed by atoms with van der Waals surface area (Å²) in [6.07, 6.45) is 3.74. The second-order valence-corrected chi connectivity index (χ2v) is 5.93. The van der Waals surface area contributed by atoms with Gasteiger partial charge in [-0.15, -0.1) is 0 Å². The van der Waals surface area contributed by atoms with Crippen molar-refractivity contribution in [2.75, 3.05) is 0 Å². The maximum absolute atomic E-state index is 5.93. The Morgan fingerprint density at radius 2 is 2.21 bits per heavy atom. The molecule has 102 valence electrons. The molecule has 1 N–H and O–H groups in total. The van der Waals surface area contributed by atoms with Gasteiger partial charge in [0.2, 0.25) is 0 Å². The Balaban J connectivity index is 1.78. The summed E-state index contributed by atoms with van der Waals surface area (Å²) in [6.45, 7) is 3.02. The highest BCUT2D eigenvalue weighted by Crippen LogP contribution is 2.21. The van der Waals surface area contributed by atoms with E-state index in [2.05, 4.69) is 28.2 Å². The second kappa shape index (κ2) is 7.13. The largest absolute Gasteiger partial charge is 0.469 e. The van der Waals surface area contributed by atoms with E-state index in [-0.39, 0.29) is 0 Å². The van der Waals surface area contributed by atoms with Gasteiger partial charge >= 0.3 is 0 Å². The molecule has 1 heterocycles. The third kappa shape index (κ3) is 4.68. The lowest BCUT2D eigenvalue weighted by molar-refractivity contribution is 0.459. The number of hydrogen-bond donors (Lipinski definition) is 1. The van der Waals surface area contributed by atoms with E-state index in [1.807, 2.05) is 30.3 Å². The fraction of sp³-hybridized carbons (Fsp3) is 0.333. The number of hydrogen-bond acceptors (Lipinski definition) is 2. The van der Waals surface area contributed by atoms with Crippen molar-refractivity contribution in [1.29, 1.82) is 0 Å². The number of rotatable bonds is 6. The minimum Gasteiger partial charge on any atom is -0.469 e. The Kier molecular flexibility index (Phi) is 5.49. The van der Waals surface area contributed by atoms with Crippen LogP contribution < -0.4 is 5.32 Å². The van der Waals surface area contributed by atoms with Gasteiger partial charge in [0.1, 0.15) is 5.76 Å². The lowest BCUT2D eigenvalue weighted by atomic mass is 10.1. The lowest BCUT2D eigenvalue weighted by Gasteiger charge is -2.14. The molecule has 1 atom stereocenters. The van der Waals surface area contributed by atoms with E-state index in [0.717, 1.165) is 34.6 Å². The molecule has 1 unspecified atom stereocenters. The van der Waals surface area contributed by atoms with Crippen LogP contribution in [0.3, 0.4) is 0 Å². The van der Waals surface area contributed by atoms with Crippen LogP contribution in [0, 0.1) is 0 Å². The van der Waals surface area contributed by atoms with Crippen LogP contribution in [0.5, 0.6) is 0 Å². The molecule has 0 spiro atoms. The highest BCUT2D eigenvalue weighted by molar-refractivity contribution is 9.10. The molecule has 0 fully saturated rings. The number of halogens is 2. The first-order valence-corrected chi connectivity index (χ1v) is 7.52. The minimum atomic E-state index is 0.438. The molecule has 0 aliphatic heterocycles. The van der Waals surface area contributed by atoms with Crippen molar-refractivity contribution < 1.29 is 4.42 Å². The predicted molar refractivity (Wildman–Crippen MR) is 82.5 cm³/mol. The highest BCUT2D eigenvalue weighted by atomic mass is 79.9.